The van der Waals surface area contributed by atoms with Gasteiger partial charge in [-0.25, -0.2) is 4.79 Å². The molecule has 0 saturated carbocycles. The molecule has 5 aromatic rings. The molecule has 332 valence electrons. The second kappa shape index (κ2) is 19.0. The number of benzene rings is 4. The molecule has 0 aliphatic carbocycles. The van der Waals surface area contributed by atoms with Gasteiger partial charge in [0.2, 0.25) is 23.6 Å². The number of amides is 5. The second-order valence-electron chi connectivity index (χ2n) is 17.7. The highest BCUT2D eigenvalue weighted by Gasteiger charge is 2.32. The van der Waals surface area contributed by atoms with Gasteiger partial charge in [-0.1, -0.05) is 54.3 Å². The summed E-state index contributed by atoms with van der Waals surface area (Å²) in [6, 6.07) is 22.5. The van der Waals surface area contributed by atoms with Gasteiger partial charge in [0.15, 0.2) is 0 Å². The second-order valence-corrected chi connectivity index (χ2v) is 17.7. The molecule has 13 heteroatoms. The highest BCUT2D eigenvalue weighted by Crippen LogP contribution is 2.32. The molecule has 3 saturated heterocycles. The molecule has 3 aliphatic rings. The number of aromatic nitrogens is 2. The van der Waals surface area contributed by atoms with Crippen molar-refractivity contribution in [1.29, 1.82) is 0 Å². The van der Waals surface area contributed by atoms with Crippen LogP contribution in [-0.4, -0.2) is 74.6 Å². The van der Waals surface area contributed by atoms with Crippen molar-refractivity contribution in [2.75, 3.05) is 31.9 Å². The number of piperidine rings is 3. The molecule has 13 nitrogen and oxygen atoms in total. The van der Waals surface area contributed by atoms with E-state index in [1.54, 1.807) is 23.7 Å². The number of nitrogens with zero attached hydrogens (tertiary/aromatic N) is 4. The Balaban J connectivity index is 0.770. The summed E-state index contributed by atoms with van der Waals surface area (Å²) in [5.41, 5.74) is 12.1. The van der Waals surface area contributed by atoms with Gasteiger partial charge in [0.25, 0.3) is 5.91 Å². The van der Waals surface area contributed by atoms with Crippen LogP contribution in [0.5, 0.6) is 0 Å². The smallest absolute Gasteiger partial charge is 0.329 e. The van der Waals surface area contributed by atoms with Crippen molar-refractivity contribution in [3.63, 3.8) is 0 Å². The summed E-state index contributed by atoms with van der Waals surface area (Å²) < 4.78 is 3.06. The third-order valence-electron chi connectivity index (χ3n) is 13.5. The molecule has 64 heavy (non-hydrogen) atoms. The van der Waals surface area contributed by atoms with Gasteiger partial charge in [0.1, 0.15) is 6.04 Å². The minimum atomic E-state index is -0.721. The van der Waals surface area contributed by atoms with Gasteiger partial charge in [-0.05, 0) is 123 Å². The van der Waals surface area contributed by atoms with Crippen molar-refractivity contribution in [3.05, 3.63) is 111 Å². The number of hydrogen-bond donors (Lipinski definition) is 3. The molecule has 8 rings (SSSR count). The number of nitrogens with two attached hydrogens (primary N) is 1. The van der Waals surface area contributed by atoms with Gasteiger partial charge >= 0.3 is 5.69 Å². The summed E-state index contributed by atoms with van der Waals surface area (Å²) in [4.78, 5) is 80.9. The monoisotopic (exact) mass is 863 g/mol. The number of aryl methyl sites for hydroxylation is 2. The number of likely N-dealkylation sites (tertiary alicyclic amines) is 2. The first kappa shape index (κ1) is 43.9. The number of carbonyl (C=O) groups excluding carboxylic acids is 5. The van der Waals surface area contributed by atoms with E-state index in [4.69, 9.17) is 5.73 Å². The fraction of sp³-hybridized carbons (Fsp3) is 0.412. The molecule has 3 fully saturated rings. The van der Waals surface area contributed by atoms with E-state index in [0.717, 1.165) is 64.2 Å². The summed E-state index contributed by atoms with van der Waals surface area (Å²) in [6.45, 7) is 6.53. The fourth-order valence-corrected chi connectivity index (χ4v) is 9.69. The van der Waals surface area contributed by atoms with Crippen LogP contribution in [0.25, 0.3) is 21.8 Å². The van der Waals surface area contributed by atoms with Crippen molar-refractivity contribution < 1.29 is 24.0 Å². The van der Waals surface area contributed by atoms with E-state index in [-0.39, 0.29) is 53.6 Å². The maximum Gasteiger partial charge on any atom is 0.329 e. The highest BCUT2D eigenvalue weighted by atomic mass is 16.2. The Bertz CT molecular complexity index is 2760. The van der Waals surface area contributed by atoms with Crippen molar-refractivity contribution in [1.82, 2.24) is 29.6 Å². The Labute approximate surface area is 373 Å². The van der Waals surface area contributed by atoms with Crippen molar-refractivity contribution >= 4 is 57.0 Å². The SMILES string of the molecule is Cc1ccc(N)cc1C(=O)NC(C)c1ccc(C#CC2CCN(C(=O)CCCCC(=O)N3CCC(c4ccc5c(c4)n(C)c(=O)n5C4CCC(=O)NC4=O)CC3)CC2)c2ccccc12. The summed E-state index contributed by atoms with van der Waals surface area (Å²) in [6.07, 6.45) is 5.93. The summed E-state index contributed by atoms with van der Waals surface area (Å²) >= 11 is 0. The molecule has 2 atom stereocenters. The van der Waals surface area contributed by atoms with Crippen LogP contribution in [0.1, 0.15) is 122 Å². The van der Waals surface area contributed by atoms with E-state index in [2.05, 4.69) is 34.6 Å². The summed E-state index contributed by atoms with van der Waals surface area (Å²) in [5, 5.41) is 7.58. The number of anilines is 1. The summed E-state index contributed by atoms with van der Waals surface area (Å²) in [7, 11) is 1.70. The van der Waals surface area contributed by atoms with Gasteiger partial charge < -0.3 is 20.9 Å². The van der Waals surface area contributed by atoms with Gasteiger partial charge in [0, 0.05) is 75.2 Å². The molecule has 1 aromatic heterocycles. The molecular formula is C51H57N7O6. The predicted molar refractivity (Wildman–Crippen MR) is 247 cm³/mol. The first-order valence-corrected chi connectivity index (χ1v) is 22.7. The van der Waals surface area contributed by atoms with E-state index in [1.165, 1.54) is 4.57 Å². The quantitative estimate of drug-likeness (QED) is 0.0631. The number of imidazole rings is 1. The molecule has 4 aromatic carbocycles. The van der Waals surface area contributed by atoms with E-state index in [9.17, 15) is 28.8 Å². The number of hydrogen-bond acceptors (Lipinski definition) is 7. The molecule has 5 amide bonds. The third-order valence-corrected chi connectivity index (χ3v) is 13.5. The van der Waals surface area contributed by atoms with Crippen LogP contribution in [0.2, 0.25) is 0 Å². The Hall–Kier alpha value is -6.68. The lowest BCUT2D eigenvalue weighted by Crippen LogP contribution is -2.44. The van der Waals surface area contributed by atoms with Crippen LogP contribution in [0.4, 0.5) is 5.69 Å². The largest absolute Gasteiger partial charge is 0.399 e. The van der Waals surface area contributed by atoms with Crippen molar-refractivity contribution in [2.24, 2.45) is 13.0 Å². The maximum atomic E-state index is 13.2. The lowest BCUT2D eigenvalue weighted by Gasteiger charge is -2.32. The van der Waals surface area contributed by atoms with Crippen molar-refractivity contribution in [2.45, 2.75) is 96.1 Å². The van der Waals surface area contributed by atoms with E-state index in [1.807, 2.05) is 72.2 Å². The Morgan fingerprint density at radius 3 is 2.17 bits per heavy atom. The zero-order valence-corrected chi connectivity index (χ0v) is 37.0. The normalized spacial score (nSPS) is 17.8. The number of nitrogens with one attached hydrogen (secondary N) is 2. The molecular weight excluding hydrogens is 807 g/mol. The lowest BCUT2D eigenvalue weighted by molar-refractivity contribution is -0.136. The first-order chi connectivity index (χ1) is 30.9. The van der Waals surface area contributed by atoms with Gasteiger partial charge in [-0.3, -0.25) is 38.4 Å². The number of fused-ring (bicyclic) bond motifs is 2. The van der Waals surface area contributed by atoms with Crippen molar-refractivity contribution in [3.8, 4) is 11.8 Å². The van der Waals surface area contributed by atoms with Crippen LogP contribution in [0, 0.1) is 24.7 Å². The average Bonchev–Trinajstić information content (AvgIpc) is 3.55. The predicted octanol–water partition coefficient (Wildman–Crippen LogP) is 6.41. The highest BCUT2D eigenvalue weighted by molar-refractivity contribution is 6.00. The van der Waals surface area contributed by atoms with Crippen LogP contribution < -0.4 is 22.1 Å². The Morgan fingerprint density at radius 1 is 0.812 bits per heavy atom. The minimum Gasteiger partial charge on any atom is -0.399 e. The summed E-state index contributed by atoms with van der Waals surface area (Å²) in [5.74, 6) is 6.68. The number of unbranched alkanes of at least 4 members (excludes halogenated alkanes) is 1. The van der Waals surface area contributed by atoms with Crippen LogP contribution in [-0.2, 0) is 26.2 Å². The molecule has 4 heterocycles. The standard InChI is InChI=1S/C51H57N7O6/c1-32-12-17-38(52)31-42(32)49(62)53-33(2)39-18-15-36(40-8-4-5-9-41(39)40)14-13-34-22-26-56(27-23-34)47(60)10-6-7-11-48(61)57-28-24-35(25-29-57)37-16-19-43-45(30-37)55(3)51(64)58(43)44-20-21-46(59)54-50(44)63/h4-5,8-9,12,15-19,30-31,33-35,44H,6-7,10-11,20-29,52H2,1-3H3,(H,53,62)(H,54,59,63). The number of rotatable bonds is 10. The van der Waals surface area contributed by atoms with Crippen LogP contribution in [0.3, 0.4) is 0 Å². The lowest BCUT2D eigenvalue weighted by atomic mass is 9.89. The topological polar surface area (TPSA) is 169 Å². The molecule has 3 aliphatic heterocycles. The van der Waals surface area contributed by atoms with Gasteiger partial charge in [-0.2, -0.15) is 0 Å². The third kappa shape index (κ3) is 9.32. The Morgan fingerprint density at radius 2 is 1.48 bits per heavy atom. The number of imide groups is 1. The van der Waals surface area contributed by atoms with E-state index in [0.29, 0.717) is 75.1 Å². The molecule has 4 N–H and O–H groups in total. The van der Waals surface area contributed by atoms with Crippen LogP contribution >= 0.6 is 0 Å². The molecule has 0 bridgehead atoms. The Kier molecular flexibility index (Phi) is 13.0. The fourth-order valence-electron chi connectivity index (χ4n) is 9.69. The zero-order valence-electron chi connectivity index (χ0n) is 37.0. The molecule has 0 radical (unpaired) electrons. The zero-order chi connectivity index (χ0) is 45.1. The number of carbonyl (C=O) groups is 5. The first-order valence-electron chi connectivity index (χ1n) is 22.7. The number of nitrogen functional groups attached to an aromatic ring is 1. The van der Waals surface area contributed by atoms with Gasteiger partial charge in [0.05, 0.1) is 17.1 Å². The van der Waals surface area contributed by atoms with Crippen LogP contribution in [0.15, 0.2) is 77.6 Å². The average molecular weight is 864 g/mol. The van der Waals surface area contributed by atoms with E-state index >= 15 is 0 Å². The maximum absolute atomic E-state index is 13.2. The van der Waals surface area contributed by atoms with E-state index < -0.39 is 11.9 Å². The molecule has 0 spiro atoms. The van der Waals surface area contributed by atoms with Gasteiger partial charge in [-0.15, -0.1) is 0 Å². The molecule has 2 unspecified atom stereocenters. The minimum absolute atomic E-state index is 0.122.